The highest BCUT2D eigenvalue weighted by atomic mass is 127. The number of aromatic nitrogens is 1. The molecule has 0 spiro atoms. The molecular weight excluding hydrogens is 445 g/mol. The van der Waals surface area contributed by atoms with Gasteiger partial charge in [-0.15, -0.1) is 35.3 Å². The number of nitrogens with zero attached hydrogens (tertiary/aromatic N) is 3. The van der Waals surface area contributed by atoms with E-state index in [1.54, 1.807) is 11.3 Å². The zero-order valence-electron chi connectivity index (χ0n) is 16.0. The largest absolute Gasteiger partial charge is 0.357 e. The van der Waals surface area contributed by atoms with E-state index >= 15 is 0 Å². The van der Waals surface area contributed by atoms with Gasteiger partial charge in [0.15, 0.2) is 5.96 Å². The number of hydrogen-bond donors (Lipinski definition) is 2. The molecule has 1 aromatic rings. The topological polar surface area (TPSA) is 52.6 Å². The molecule has 0 amide bonds. The van der Waals surface area contributed by atoms with E-state index < -0.39 is 0 Å². The first kappa shape index (κ1) is 22.6. The zero-order valence-corrected chi connectivity index (χ0v) is 19.2. The number of likely N-dealkylation sites (tertiary alicyclic amines) is 1. The first-order valence-corrected chi connectivity index (χ1v) is 10.0. The highest BCUT2D eigenvalue weighted by molar-refractivity contribution is 14.0. The van der Waals surface area contributed by atoms with Gasteiger partial charge in [0.25, 0.3) is 0 Å². The Labute approximate surface area is 174 Å². The Bertz CT molecular complexity index is 509. The second-order valence-electron chi connectivity index (χ2n) is 7.05. The van der Waals surface area contributed by atoms with E-state index in [0.717, 1.165) is 42.3 Å². The van der Waals surface area contributed by atoms with E-state index in [-0.39, 0.29) is 24.0 Å². The molecule has 0 aromatic carbocycles. The summed E-state index contributed by atoms with van der Waals surface area (Å²) in [5.41, 5.74) is 0. The number of rotatable bonds is 7. The van der Waals surface area contributed by atoms with Crippen molar-refractivity contribution in [1.29, 1.82) is 0 Å². The smallest absolute Gasteiger partial charge is 0.191 e. The van der Waals surface area contributed by atoms with Crippen LogP contribution in [-0.2, 0) is 6.54 Å². The lowest BCUT2D eigenvalue weighted by Crippen LogP contribution is -2.41. The number of piperidine rings is 1. The Morgan fingerprint density at radius 2 is 2.04 bits per heavy atom. The van der Waals surface area contributed by atoms with Gasteiger partial charge in [0.1, 0.15) is 5.01 Å². The molecule has 1 saturated heterocycles. The molecule has 0 aliphatic carbocycles. The fraction of sp³-hybridized carbons (Fsp3) is 0.778. The standard InChI is InChI=1S/C18H33N5S.HI/c1-5-19-18(22-11-17-21-10-16(4)24-17)20-7-6-8-23-12-14(2)9-15(3)13-23;/h10,14-15H,5-9,11-13H2,1-4H3,(H2,19,20,22);1H. The molecule has 7 heteroatoms. The maximum Gasteiger partial charge on any atom is 0.191 e. The minimum atomic E-state index is 0. The second-order valence-corrected chi connectivity index (χ2v) is 8.37. The Morgan fingerprint density at radius 1 is 1.32 bits per heavy atom. The second kappa shape index (κ2) is 12.1. The van der Waals surface area contributed by atoms with Gasteiger partial charge in [-0.25, -0.2) is 9.98 Å². The quantitative estimate of drug-likeness (QED) is 0.272. The van der Waals surface area contributed by atoms with Crippen molar-refractivity contribution in [3.05, 3.63) is 16.1 Å². The minimum absolute atomic E-state index is 0. The molecule has 2 heterocycles. The summed E-state index contributed by atoms with van der Waals surface area (Å²) >= 11 is 1.71. The third-order valence-electron chi connectivity index (χ3n) is 4.27. The van der Waals surface area contributed by atoms with Crippen LogP contribution in [0.25, 0.3) is 0 Å². The summed E-state index contributed by atoms with van der Waals surface area (Å²) < 4.78 is 0. The van der Waals surface area contributed by atoms with E-state index in [1.807, 2.05) is 6.20 Å². The molecule has 0 saturated carbocycles. The van der Waals surface area contributed by atoms with E-state index in [2.05, 4.69) is 53.2 Å². The van der Waals surface area contributed by atoms with Gasteiger partial charge in [-0.1, -0.05) is 13.8 Å². The van der Waals surface area contributed by atoms with Crippen LogP contribution in [0.15, 0.2) is 11.2 Å². The maximum absolute atomic E-state index is 4.63. The van der Waals surface area contributed by atoms with Crippen LogP contribution in [0.4, 0.5) is 0 Å². The highest BCUT2D eigenvalue weighted by Gasteiger charge is 2.20. The van der Waals surface area contributed by atoms with Crippen molar-refractivity contribution in [2.75, 3.05) is 32.7 Å². The van der Waals surface area contributed by atoms with Gasteiger partial charge >= 0.3 is 0 Å². The number of guanidine groups is 1. The Hall–Kier alpha value is -0.410. The third-order valence-corrected chi connectivity index (χ3v) is 5.17. The van der Waals surface area contributed by atoms with Crippen LogP contribution in [0.2, 0.25) is 0 Å². The molecule has 1 aromatic heterocycles. The molecule has 2 N–H and O–H groups in total. The number of nitrogens with one attached hydrogen (secondary N) is 2. The van der Waals surface area contributed by atoms with E-state index in [9.17, 15) is 0 Å². The molecular formula is C18H34IN5S. The van der Waals surface area contributed by atoms with Crippen LogP contribution < -0.4 is 10.6 Å². The summed E-state index contributed by atoms with van der Waals surface area (Å²) in [6, 6.07) is 0. The van der Waals surface area contributed by atoms with Gasteiger partial charge in [0.2, 0.25) is 0 Å². The fourth-order valence-electron chi connectivity index (χ4n) is 3.45. The lowest BCUT2D eigenvalue weighted by Gasteiger charge is -2.35. The van der Waals surface area contributed by atoms with E-state index in [1.165, 1.54) is 30.9 Å². The molecule has 144 valence electrons. The zero-order chi connectivity index (χ0) is 17.4. The SMILES string of the molecule is CCNC(=NCc1ncc(C)s1)NCCCN1CC(C)CC(C)C1.I. The summed E-state index contributed by atoms with van der Waals surface area (Å²) in [6.45, 7) is 15.1. The summed E-state index contributed by atoms with van der Waals surface area (Å²) in [6.07, 6.45) is 4.44. The van der Waals surface area contributed by atoms with E-state index in [0.29, 0.717) is 6.54 Å². The van der Waals surface area contributed by atoms with Crippen molar-refractivity contribution in [3.63, 3.8) is 0 Å². The van der Waals surface area contributed by atoms with Crippen molar-refractivity contribution in [2.24, 2.45) is 16.8 Å². The molecule has 25 heavy (non-hydrogen) atoms. The normalized spacial score (nSPS) is 21.7. The Kier molecular flexibility index (Phi) is 10.9. The lowest BCUT2D eigenvalue weighted by molar-refractivity contribution is 0.140. The van der Waals surface area contributed by atoms with Gasteiger partial charge in [-0.3, -0.25) is 0 Å². The number of thiazole rings is 1. The summed E-state index contributed by atoms with van der Waals surface area (Å²) in [7, 11) is 0. The van der Waals surface area contributed by atoms with Gasteiger partial charge in [0, 0.05) is 37.3 Å². The molecule has 2 rings (SSSR count). The number of aryl methyl sites for hydroxylation is 1. The molecule has 1 fully saturated rings. The van der Waals surface area contributed by atoms with E-state index in [4.69, 9.17) is 0 Å². The first-order chi connectivity index (χ1) is 11.6. The predicted molar refractivity (Wildman–Crippen MR) is 119 cm³/mol. The van der Waals surface area contributed by atoms with Crippen molar-refractivity contribution in [2.45, 2.75) is 47.1 Å². The third kappa shape index (κ3) is 8.68. The van der Waals surface area contributed by atoms with Gasteiger partial charge < -0.3 is 15.5 Å². The molecule has 1 aliphatic heterocycles. The predicted octanol–water partition coefficient (Wildman–Crippen LogP) is 3.49. The minimum Gasteiger partial charge on any atom is -0.357 e. The fourth-order valence-corrected chi connectivity index (χ4v) is 4.16. The molecule has 2 unspecified atom stereocenters. The van der Waals surface area contributed by atoms with Crippen molar-refractivity contribution in [3.8, 4) is 0 Å². The average Bonchev–Trinajstić information content (AvgIpc) is 2.93. The summed E-state index contributed by atoms with van der Waals surface area (Å²) in [5, 5.41) is 7.83. The molecule has 0 radical (unpaired) electrons. The van der Waals surface area contributed by atoms with Crippen molar-refractivity contribution < 1.29 is 0 Å². The molecule has 1 aliphatic rings. The first-order valence-electron chi connectivity index (χ1n) is 9.22. The van der Waals surface area contributed by atoms with Crippen LogP contribution >= 0.6 is 35.3 Å². The Balaban J connectivity index is 0.00000312. The maximum atomic E-state index is 4.63. The van der Waals surface area contributed by atoms with Crippen molar-refractivity contribution in [1.82, 2.24) is 20.5 Å². The number of aliphatic imine (C=N–C) groups is 1. The average molecular weight is 479 g/mol. The van der Waals surface area contributed by atoms with Gasteiger partial charge in [0.05, 0.1) is 6.54 Å². The lowest BCUT2D eigenvalue weighted by atomic mass is 9.92. The monoisotopic (exact) mass is 479 g/mol. The molecule has 0 bridgehead atoms. The van der Waals surface area contributed by atoms with Crippen LogP contribution in [0.3, 0.4) is 0 Å². The van der Waals surface area contributed by atoms with Gasteiger partial charge in [-0.05, 0) is 45.1 Å². The van der Waals surface area contributed by atoms with Crippen LogP contribution in [-0.4, -0.2) is 48.6 Å². The van der Waals surface area contributed by atoms with Crippen LogP contribution in [0, 0.1) is 18.8 Å². The molecule has 2 atom stereocenters. The van der Waals surface area contributed by atoms with Gasteiger partial charge in [-0.2, -0.15) is 0 Å². The van der Waals surface area contributed by atoms with Crippen LogP contribution in [0.5, 0.6) is 0 Å². The van der Waals surface area contributed by atoms with Crippen molar-refractivity contribution >= 4 is 41.3 Å². The van der Waals surface area contributed by atoms with Crippen LogP contribution in [0.1, 0.15) is 43.5 Å². The Morgan fingerprint density at radius 3 is 2.64 bits per heavy atom. The summed E-state index contributed by atoms with van der Waals surface area (Å²) in [4.78, 5) is 12.9. The summed E-state index contributed by atoms with van der Waals surface area (Å²) in [5.74, 6) is 2.57. The number of halogens is 1. The number of hydrogen-bond acceptors (Lipinski definition) is 4. The molecule has 5 nitrogen and oxygen atoms in total. The highest BCUT2D eigenvalue weighted by Crippen LogP contribution is 2.20.